The zero-order chi connectivity index (χ0) is 11.5. The van der Waals surface area contributed by atoms with Gasteiger partial charge in [0.25, 0.3) is 0 Å². The number of hydrogen-bond acceptors (Lipinski definition) is 3. The van der Waals surface area contributed by atoms with Crippen LogP contribution in [0.5, 0.6) is 0 Å². The molecule has 1 aromatic heterocycles. The third-order valence-electron chi connectivity index (χ3n) is 3.41. The molecule has 0 spiro atoms. The fraction of sp³-hybridized carbons (Fsp3) is 0.750. The van der Waals surface area contributed by atoms with E-state index in [0.29, 0.717) is 6.04 Å². The van der Waals surface area contributed by atoms with Crippen molar-refractivity contribution in [1.82, 2.24) is 14.7 Å². The van der Waals surface area contributed by atoms with Gasteiger partial charge in [0.15, 0.2) is 0 Å². The molecule has 0 saturated carbocycles. The van der Waals surface area contributed by atoms with E-state index < -0.39 is 0 Å². The van der Waals surface area contributed by atoms with Crippen LogP contribution in [0.3, 0.4) is 0 Å². The van der Waals surface area contributed by atoms with E-state index in [9.17, 15) is 0 Å². The normalized spacial score (nSPS) is 26.4. The van der Waals surface area contributed by atoms with Gasteiger partial charge in [-0.05, 0) is 32.4 Å². The van der Waals surface area contributed by atoms with E-state index in [1.165, 1.54) is 12.1 Å². The number of nitrogens with two attached hydrogens (primary N) is 1. The van der Waals surface area contributed by atoms with Gasteiger partial charge >= 0.3 is 0 Å². The topological polar surface area (TPSA) is 47.1 Å². The Kier molecular flexibility index (Phi) is 3.61. The molecule has 2 atom stereocenters. The van der Waals surface area contributed by atoms with Crippen LogP contribution in [0, 0.1) is 0 Å². The highest BCUT2D eigenvalue weighted by Gasteiger charge is 2.34. The summed E-state index contributed by atoms with van der Waals surface area (Å²) in [7, 11) is 0. The Morgan fingerprint density at radius 1 is 1.50 bits per heavy atom. The second-order valence-electron chi connectivity index (χ2n) is 4.51. The van der Waals surface area contributed by atoms with Crippen LogP contribution in [-0.2, 0) is 6.54 Å². The molecule has 1 aliphatic heterocycles. The largest absolute Gasteiger partial charge is 0.326 e. The van der Waals surface area contributed by atoms with E-state index in [2.05, 4.69) is 34.6 Å². The lowest BCUT2D eigenvalue weighted by Crippen LogP contribution is -2.34. The van der Waals surface area contributed by atoms with Gasteiger partial charge in [-0.25, -0.2) is 0 Å². The van der Waals surface area contributed by atoms with Gasteiger partial charge in [0.2, 0.25) is 0 Å². The summed E-state index contributed by atoms with van der Waals surface area (Å²) < 4.78 is 2.07. The van der Waals surface area contributed by atoms with Crippen molar-refractivity contribution in [2.45, 2.75) is 45.3 Å². The van der Waals surface area contributed by atoms with Crippen molar-refractivity contribution in [2.75, 3.05) is 13.1 Å². The minimum absolute atomic E-state index is 0.258. The van der Waals surface area contributed by atoms with Gasteiger partial charge in [0.1, 0.15) is 0 Å². The van der Waals surface area contributed by atoms with Crippen LogP contribution < -0.4 is 5.73 Å². The van der Waals surface area contributed by atoms with E-state index in [-0.39, 0.29) is 6.04 Å². The minimum atomic E-state index is 0.258. The highest BCUT2D eigenvalue weighted by molar-refractivity contribution is 5.12. The molecule has 16 heavy (non-hydrogen) atoms. The molecule has 1 aliphatic rings. The first-order chi connectivity index (χ1) is 7.77. The first kappa shape index (κ1) is 11.6. The SMILES string of the molecule is CCCN1CCC(N)C1c1ccnn1CC. The minimum Gasteiger partial charge on any atom is -0.326 e. The van der Waals surface area contributed by atoms with Crippen LogP contribution in [0.15, 0.2) is 12.3 Å². The zero-order valence-electron chi connectivity index (χ0n) is 10.3. The number of rotatable bonds is 4. The molecule has 2 rings (SSSR count). The fourth-order valence-electron chi connectivity index (χ4n) is 2.69. The molecule has 4 heteroatoms. The molecular formula is C12H22N4. The lowest BCUT2D eigenvalue weighted by molar-refractivity contribution is 0.237. The summed E-state index contributed by atoms with van der Waals surface area (Å²) in [5.41, 5.74) is 7.51. The Balaban J connectivity index is 2.22. The van der Waals surface area contributed by atoms with Crippen molar-refractivity contribution < 1.29 is 0 Å². The number of nitrogens with zero attached hydrogens (tertiary/aromatic N) is 3. The zero-order valence-corrected chi connectivity index (χ0v) is 10.3. The monoisotopic (exact) mass is 222 g/mol. The lowest BCUT2D eigenvalue weighted by Gasteiger charge is -2.26. The molecule has 2 heterocycles. The Bertz CT molecular complexity index is 332. The number of likely N-dealkylation sites (tertiary alicyclic amines) is 1. The molecule has 1 fully saturated rings. The molecule has 90 valence electrons. The molecule has 2 N–H and O–H groups in total. The average molecular weight is 222 g/mol. The van der Waals surface area contributed by atoms with Crippen molar-refractivity contribution in [1.29, 1.82) is 0 Å². The van der Waals surface area contributed by atoms with E-state index in [1.54, 1.807) is 0 Å². The summed E-state index contributed by atoms with van der Waals surface area (Å²) in [4.78, 5) is 2.49. The number of aryl methyl sites for hydroxylation is 1. The van der Waals surface area contributed by atoms with Crippen molar-refractivity contribution in [3.8, 4) is 0 Å². The number of aromatic nitrogens is 2. The van der Waals surface area contributed by atoms with Crippen molar-refractivity contribution >= 4 is 0 Å². The van der Waals surface area contributed by atoms with E-state index in [1.807, 2.05) is 6.20 Å². The van der Waals surface area contributed by atoms with Crippen LogP contribution in [0.2, 0.25) is 0 Å². The Morgan fingerprint density at radius 3 is 3.00 bits per heavy atom. The molecule has 4 nitrogen and oxygen atoms in total. The van der Waals surface area contributed by atoms with Gasteiger partial charge in [-0.15, -0.1) is 0 Å². The van der Waals surface area contributed by atoms with Crippen LogP contribution >= 0.6 is 0 Å². The van der Waals surface area contributed by atoms with Gasteiger partial charge in [0, 0.05) is 25.3 Å². The van der Waals surface area contributed by atoms with Gasteiger partial charge in [-0.1, -0.05) is 6.92 Å². The summed E-state index contributed by atoms with van der Waals surface area (Å²) in [5, 5.41) is 4.34. The maximum absolute atomic E-state index is 6.23. The molecule has 0 bridgehead atoms. The standard InChI is InChI=1S/C12H22N4/c1-3-8-15-9-6-10(13)12(15)11-5-7-14-16(11)4-2/h5,7,10,12H,3-4,6,8-9,13H2,1-2H3. The van der Waals surface area contributed by atoms with Gasteiger partial charge in [0.05, 0.1) is 11.7 Å². The molecule has 0 amide bonds. The van der Waals surface area contributed by atoms with Gasteiger partial charge in [-0.3, -0.25) is 9.58 Å². The summed E-state index contributed by atoms with van der Waals surface area (Å²) in [5.74, 6) is 0. The van der Waals surface area contributed by atoms with Crippen LogP contribution in [0.1, 0.15) is 38.4 Å². The van der Waals surface area contributed by atoms with E-state index >= 15 is 0 Å². The first-order valence-electron chi connectivity index (χ1n) is 6.29. The third kappa shape index (κ3) is 1.99. The molecule has 2 unspecified atom stereocenters. The molecular weight excluding hydrogens is 200 g/mol. The summed E-state index contributed by atoms with van der Waals surface area (Å²) in [6.07, 6.45) is 4.16. The summed E-state index contributed by atoms with van der Waals surface area (Å²) in [6, 6.07) is 2.73. The molecule has 0 aliphatic carbocycles. The first-order valence-corrected chi connectivity index (χ1v) is 6.29. The third-order valence-corrected chi connectivity index (χ3v) is 3.41. The molecule has 0 aromatic carbocycles. The lowest BCUT2D eigenvalue weighted by atomic mass is 10.1. The fourth-order valence-corrected chi connectivity index (χ4v) is 2.69. The predicted octanol–water partition coefficient (Wildman–Crippen LogP) is 1.39. The van der Waals surface area contributed by atoms with Gasteiger partial charge < -0.3 is 5.73 Å². The predicted molar refractivity (Wildman–Crippen MR) is 65.1 cm³/mol. The van der Waals surface area contributed by atoms with Gasteiger partial charge in [-0.2, -0.15) is 5.10 Å². The molecule has 1 aromatic rings. The second kappa shape index (κ2) is 4.97. The summed E-state index contributed by atoms with van der Waals surface area (Å²) >= 11 is 0. The average Bonchev–Trinajstić information content (AvgIpc) is 2.85. The summed E-state index contributed by atoms with van der Waals surface area (Å²) in [6.45, 7) is 7.52. The van der Waals surface area contributed by atoms with E-state index in [0.717, 1.165) is 26.1 Å². The van der Waals surface area contributed by atoms with Crippen molar-refractivity contribution in [3.63, 3.8) is 0 Å². The van der Waals surface area contributed by atoms with E-state index in [4.69, 9.17) is 5.73 Å². The quantitative estimate of drug-likeness (QED) is 0.837. The maximum atomic E-state index is 6.23. The second-order valence-corrected chi connectivity index (χ2v) is 4.51. The number of hydrogen-bond donors (Lipinski definition) is 1. The smallest absolute Gasteiger partial charge is 0.0671 e. The molecule has 0 radical (unpaired) electrons. The highest BCUT2D eigenvalue weighted by Crippen LogP contribution is 2.30. The Labute approximate surface area is 97.4 Å². The maximum Gasteiger partial charge on any atom is 0.0671 e. The van der Waals surface area contributed by atoms with Crippen LogP contribution in [-0.4, -0.2) is 33.8 Å². The van der Waals surface area contributed by atoms with Crippen molar-refractivity contribution in [2.24, 2.45) is 5.73 Å². The van der Waals surface area contributed by atoms with Crippen LogP contribution in [0.4, 0.5) is 0 Å². The Hall–Kier alpha value is -0.870. The Morgan fingerprint density at radius 2 is 2.31 bits per heavy atom. The highest BCUT2D eigenvalue weighted by atomic mass is 15.3. The molecule has 1 saturated heterocycles. The van der Waals surface area contributed by atoms with Crippen LogP contribution in [0.25, 0.3) is 0 Å². The van der Waals surface area contributed by atoms with Crippen molar-refractivity contribution in [3.05, 3.63) is 18.0 Å².